The normalized spacial score (nSPS) is 18.7. The van der Waals surface area contributed by atoms with E-state index in [2.05, 4.69) is 37.2 Å². The maximum absolute atomic E-state index is 12.8. The molecule has 1 N–H and O–H groups in total. The van der Waals surface area contributed by atoms with Crippen molar-refractivity contribution in [2.75, 3.05) is 23.3 Å². The first-order valence-corrected chi connectivity index (χ1v) is 9.75. The SMILES string of the molecule is O=C(Nc1ccc(N2CCCCC2)cn1)C1(c2cccc(Br)c2)CC1. The zero-order valence-electron chi connectivity index (χ0n) is 14.2. The van der Waals surface area contributed by atoms with Gasteiger partial charge in [-0.2, -0.15) is 0 Å². The Labute approximate surface area is 156 Å². The van der Waals surface area contributed by atoms with Crippen LogP contribution in [0.5, 0.6) is 0 Å². The van der Waals surface area contributed by atoms with Crippen LogP contribution in [0.3, 0.4) is 0 Å². The number of halogens is 1. The van der Waals surface area contributed by atoms with Gasteiger partial charge in [0.05, 0.1) is 17.3 Å². The summed E-state index contributed by atoms with van der Waals surface area (Å²) >= 11 is 3.50. The van der Waals surface area contributed by atoms with Crippen molar-refractivity contribution in [2.45, 2.75) is 37.5 Å². The van der Waals surface area contributed by atoms with Crippen LogP contribution in [0.15, 0.2) is 47.1 Å². The van der Waals surface area contributed by atoms with Crippen LogP contribution in [0.4, 0.5) is 11.5 Å². The molecule has 1 saturated heterocycles. The summed E-state index contributed by atoms with van der Waals surface area (Å²) in [6, 6.07) is 12.0. The van der Waals surface area contributed by atoms with Crippen molar-refractivity contribution in [2.24, 2.45) is 0 Å². The Morgan fingerprint density at radius 2 is 1.92 bits per heavy atom. The number of nitrogens with zero attached hydrogens (tertiary/aromatic N) is 2. The van der Waals surface area contributed by atoms with Crippen molar-refractivity contribution < 1.29 is 4.79 Å². The molecule has 2 aromatic rings. The molecule has 5 heteroatoms. The molecule has 2 fully saturated rings. The second kappa shape index (κ2) is 6.79. The van der Waals surface area contributed by atoms with Gasteiger partial charge in [-0.3, -0.25) is 4.79 Å². The van der Waals surface area contributed by atoms with Crippen LogP contribution in [0, 0.1) is 0 Å². The van der Waals surface area contributed by atoms with Gasteiger partial charge in [0.2, 0.25) is 5.91 Å². The van der Waals surface area contributed by atoms with Gasteiger partial charge in [-0.25, -0.2) is 4.98 Å². The van der Waals surface area contributed by atoms with Gasteiger partial charge in [0, 0.05) is 17.6 Å². The number of aromatic nitrogens is 1. The number of hydrogen-bond acceptors (Lipinski definition) is 3. The van der Waals surface area contributed by atoms with Gasteiger partial charge < -0.3 is 10.2 Å². The molecular formula is C20H22BrN3O. The number of pyridine rings is 1. The molecule has 2 heterocycles. The zero-order valence-corrected chi connectivity index (χ0v) is 15.8. The van der Waals surface area contributed by atoms with E-state index >= 15 is 0 Å². The van der Waals surface area contributed by atoms with Crippen molar-refractivity contribution in [3.05, 3.63) is 52.6 Å². The zero-order chi connectivity index (χ0) is 17.3. The average molecular weight is 400 g/mol. The monoisotopic (exact) mass is 399 g/mol. The van der Waals surface area contributed by atoms with Crippen molar-refractivity contribution in [1.29, 1.82) is 0 Å². The van der Waals surface area contributed by atoms with Crippen LogP contribution in [0.25, 0.3) is 0 Å². The fraction of sp³-hybridized carbons (Fsp3) is 0.400. The number of carbonyl (C=O) groups excluding carboxylic acids is 1. The minimum absolute atomic E-state index is 0.0452. The number of hydrogen-bond donors (Lipinski definition) is 1. The first-order chi connectivity index (χ1) is 12.2. The standard InChI is InChI=1S/C20H22BrN3O/c21-16-6-4-5-15(13-16)20(9-10-20)19(25)23-18-8-7-17(14-22-18)24-11-2-1-3-12-24/h4-8,13-14H,1-3,9-12H2,(H,22,23,25). The number of carbonyl (C=O) groups is 1. The molecular weight excluding hydrogens is 378 g/mol. The van der Waals surface area contributed by atoms with Crippen LogP contribution in [0.2, 0.25) is 0 Å². The van der Waals surface area contributed by atoms with Gasteiger partial charge in [-0.15, -0.1) is 0 Å². The summed E-state index contributed by atoms with van der Waals surface area (Å²) in [5.41, 5.74) is 1.83. The molecule has 0 radical (unpaired) electrons. The molecule has 1 aromatic carbocycles. The van der Waals surface area contributed by atoms with E-state index in [1.54, 1.807) is 0 Å². The van der Waals surface area contributed by atoms with Crippen LogP contribution in [-0.2, 0) is 10.2 Å². The van der Waals surface area contributed by atoms with Crippen LogP contribution >= 0.6 is 15.9 Å². The number of piperidine rings is 1. The maximum atomic E-state index is 12.8. The van der Waals surface area contributed by atoms with E-state index in [-0.39, 0.29) is 5.91 Å². The Hall–Kier alpha value is -1.88. The molecule has 1 aliphatic heterocycles. The first-order valence-electron chi connectivity index (χ1n) is 8.96. The Balaban J connectivity index is 1.46. The Morgan fingerprint density at radius 1 is 1.12 bits per heavy atom. The third kappa shape index (κ3) is 3.43. The summed E-state index contributed by atoms with van der Waals surface area (Å²) in [4.78, 5) is 19.6. The molecule has 4 rings (SSSR count). The number of nitrogens with one attached hydrogen (secondary N) is 1. The van der Waals surface area contributed by atoms with E-state index in [1.807, 2.05) is 36.5 Å². The Morgan fingerprint density at radius 3 is 2.56 bits per heavy atom. The second-order valence-corrected chi connectivity index (χ2v) is 7.91. The lowest BCUT2D eigenvalue weighted by molar-refractivity contribution is -0.118. The van der Waals surface area contributed by atoms with Crippen molar-refractivity contribution in [1.82, 2.24) is 4.98 Å². The predicted octanol–water partition coefficient (Wildman–Crippen LogP) is 4.50. The molecule has 1 aromatic heterocycles. The molecule has 130 valence electrons. The molecule has 2 aliphatic rings. The quantitative estimate of drug-likeness (QED) is 0.822. The summed E-state index contributed by atoms with van der Waals surface area (Å²) in [6.45, 7) is 2.19. The Kier molecular flexibility index (Phi) is 4.50. The fourth-order valence-corrected chi connectivity index (χ4v) is 3.99. The third-order valence-electron chi connectivity index (χ3n) is 5.27. The van der Waals surface area contributed by atoms with Crippen molar-refractivity contribution in [3.63, 3.8) is 0 Å². The minimum atomic E-state index is -0.392. The van der Waals surface area contributed by atoms with E-state index in [4.69, 9.17) is 0 Å². The van der Waals surface area contributed by atoms with Gasteiger partial charge in [-0.05, 0) is 61.9 Å². The predicted molar refractivity (Wildman–Crippen MR) is 104 cm³/mol. The van der Waals surface area contributed by atoms with E-state index in [0.717, 1.165) is 41.7 Å². The summed E-state index contributed by atoms with van der Waals surface area (Å²) in [5, 5.41) is 3.01. The van der Waals surface area contributed by atoms with Crippen LogP contribution in [-0.4, -0.2) is 24.0 Å². The number of benzene rings is 1. The molecule has 1 saturated carbocycles. The highest BCUT2D eigenvalue weighted by atomic mass is 79.9. The topological polar surface area (TPSA) is 45.2 Å². The van der Waals surface area contributed by atoms with Gasteiger partial charge in [0.15, 0.2) is 0 Å². The number of rotatable bonds is 4. The van der Waals surface area contributed by atoms with Crippen molar-refractivity contribution in [3.8, 4) is 0 Å². The Bertz CT molecular complexity index is 765. The first kappa shape index (κ1) is 16.6. The highest BCUT2D eigenvalue weighted by Gasteiger charge is 2.51. The highest BCUT2D eigenvalue weighted by Crippen LogP contribution is 2.49. The highest BCUT2D eigenvalue weighted by molar-refractivity contribution is 9.10. The average Bonchev–Trinajstić information content (AvgIpc) is 3.45. The minimum Gasteiger partial charge on any atom is -0.370 e. The van der Waals surface area contributed by atoms with Gasteiger partial charge >= 0.3 is 0 Å². The summed E-state index contributed by atoms with van der Waals surface area (Å²) in [7, 11) is 0. The van der Waals surface area contributed by atoms with E-state index in [1.165, 1.54) is 19.3 Å². The van der Waals surface area contributed by atoms with Gasteiger partial charge in [0.1, 0.15) is 5.82 Å². The maximum Gasteiger partial charge on any atom is 0.236 e. The number of amides is 1. The third-order valence-corrected chi connectivity index (χ3v) is 5.77. The van der Waals surface area contributed by atoms with Crippen molar-refractivity contribution >= 4 is 33.3 Å². The molecule has 1 amide bonds. The van der Waals surface area contributed by atoms with E-state index in [0.29, 0.717) is 5.82 Å². The molecule has 0 unspecified atom stereocenters. The molecule has 0 atom stereocenters. The lowest BCUT2D eigenvalue weighted by atomic mass is 9.95. The smallest absolute Gasteiger partial charge is 0.236 e. The van der Waals surface area contributed by atoms with Gasteiger partial charge in [-0.1, -0.05) is 28.1 Å². The van der Waals surface area contributed by atoms with Gasteiger partial charge in [0.25, 0.3) is 0 Å². The molecule has 1 aliphatic carbocycles. The van der Waals surface area contributed by atoms with E-state index in [9.17, 15) is 4.79 Å². The summed E-state index contributed by atoms with van der Waals surface area (Å²) in [5.74, 6) is 0.677. The van der Waals surface area contributed by atoms with Crippen LogP contribution < -0.4 is 10.2 Å². The second-order valence-electron chi connectivity index (χ2n) is 7.00. The molecule has 0 spiro atoms. The molecule has 0 bridgehead atoms. The molecule has 25 heavy (non-hydrogen) atoms. The van der Waals surface area contributed by atoms with Crippen LogP contribution in [0.1, 0.15) is 37.7 Å². The lowest BCUT2D eigenvalue weighted by Crippen LogP contribution is -2.30. The number of anilines is 2. The molecule has 4 nitrogen and oxygen atoms in total. The largest absolute Gasteiger partial charge is 0.370 e. The summed E-state index contributed by atoms with van der Waals surface area (Å²) < 4.78 is 1.01. The lowest BCUT2D eigenvalue weighted by Gasteiger charge is -2.28. The summed E-state index contributed by atoms with van der Waals surface area (Å²) in [6.07, 6.45) is 7.46. The fourth-order valence-electron chi connectivity index (χ4n) is 3.59. The van der Waals surface area contributed by atoms with E-state index < -0.39 is 5.41 Å².